The average Bonchev–Trinajstić information content (AvgIpc) is 3.40. The lowest BCUT2D eigenvalue weighted by Gasteiger charge is -2.08. The van der Waals surface area contributed by atoms with E-state index in [1.54, 1.807) is 36.3 Å². The molecule has 3 heterocycles. The number of amides is 1. The number of benzene rings is 1. The van der Waals surface area contributed by atoms with Crippen LogP contribution in [0.4, 0.5) is 0 Å². The van der Waals surface area contributed by atoms with Crippen molar-refractivity contribution in [1.82, 2.24) is 15.3 Å². The fraction of sp³-hybridized carbons (Fsp3) is 0.0500. The molecule has 0 saturated carbocycles. The highest BCUT2D eigenvalue weighted by molar-refractivity contribution is 7.13. The van der Waals surface area contributed by atoms with Crippen LogP contribution < -0.4 is 5.32 Å². The first kappa shape index (κ1) is 16.2. The average molecular weight is 361 g/mol. The third kappa shape index (κ3) is 3.41. The molecule has 4 aromatic rings. The van der Waals surface area contributed by atoms with E-state index in [1.807, 2.05) is 41.8 Å². The van der Waals surface area contributed by atoms with Crippen LogP contribution in [-0.4, -0.2) is 15.9 Å². The first-order valence-electron chi connectivity index (χ1n) is 8.06. The van der Waals surface area contributed by atoms with Crippen LogP contribution in [0.2, 0.25) is 0 Å². The summed E-state index contributed by atoms with van der Waals surface area (Å²) in [6, 6.07) is 13.5. The van der Waals surface area contributed by atoms with Crippen molar-refractivity contribution >= 4 is 17.2 Å². The van der Waals surface area contributed by atoms with E-state index in [0.29, 0.717) is 23.5 Å². The van der Waals surface area contributed by atoms with Crippen molar-refractivity contribution in [1.29, 1.82) is 0 Å². The van der Waals surface area contributed by atoms with Gasteiger partial charge in [-0.2, -0.15) is 0 Å². The summed E-state index contributed by atoms with van der Waals surface area (Å²) >= 11 is 1.67. The zero-order chi connectivity index (χ0) is 17.8. The predicted molar refractivity (Wildman–Crippen MR) is 101 cm³/mol. The van der Waals surface area contributed by atoms with Crippen LogP contribution in [-0.2, 0) is 6.54 Å². The van der Waals surface area contributed by atoms with Crippen molar-refractivity contribution in [3.05, 3.63) is 84.0 Å². The van der Waals surface area contributed by atoms with Crippen molar-refractivity contribution in [2.24, 2.45) is 0 Å². The summed E-state index contributed by atoms with van der Waals surface area (Å²) in [5, 5.41) is 4.94. The fourth-order valence-corrected chi connectivity index (χ4v) is 3.36. The van der Waals surface area contributed by atoms with Gasteiger partial charge >= 0.3 is 0 Å². The van der Waals surface area contributed by atoms with Gasteiger partial charge in [-0.25, -0.2) is 0 Å². The van der Waals surface area contributed by atoms with Gasteiger partial charge in [0.05, 0.1) is 30.5 Å². The van der Waals surface area contributed by atoms with Gasteiger partial charge in [-0.3, -0.25) is 14.8 Å². The highest BCUT2D eigenvalue weighted by atomic mass is 32.1. The van der Waals surface area contributed by atoms with E-state index in [0.717, 1.165) is 11.1 Å². The van der Waals surface area contributed by atoms with Gasteiger partial charge in [0, 0.05) is 28.4 Å². The van der Waals surface area contributed by atoms with Gasteiger partial charge in [-0.15, -0.1) is 11.3 Å². The third-order valence-electron chi connectivity index (χ3n) is 3.94. The maximum Gasteiger partial charge on any atom is 0.251 e. The molecule has 0 aliphatic carbocycles. The molecular weight excluding hydrogens is 346 g/mol. The van der Waals surface area contributed by atoms with E-state index >= 15 is 0 Å². The first-order valence-corrected chi connectivity index (χ1v) is 8.94. The summed E-state index contributed by atoms with van der Waals surface area (Å²) in [6.45, 7) is 0.292. The van der Waals surface area contributed by atoms with Crippen LogP contribution in [0.25, 0.3) is 21.7 Å². The van der Waals surface area contributed by atoms with E-state index in [1.165, 1.54) is 4.88 Å². The van der Waals surface area contributed by atoms with Crippen LogP contribution in [0.5, 0.6) is 0 Å². The SMILES string of the molecule is O=C(NCc1nccnc1-c1ccoc1)c1ccc(-c2cccs2)cc1. The topological polar surface area (TPSA) is 68.0 Å². The van der Waals surface area contributed by atoms with Gasteiger partial charge in [-0.1, -0.05) is 18.2 Å². The molecule has 128 valence electrons. The van der Waals surface area contributed by atoms with Crippen molar-refractivity contribution in [2.75, 3.05) is 0 Å². The number of thiophene rings is 1. The van der Waals surface area contributed by atoms with E-state index in [4.69, 9.17) is 4.42 Å². The van der Waals surface area contributed by atoms with Gasteiger partial charge in [0.2, 0.25) is 0 Å². The second-order valence-corrected chi connectivity index (χ2v) is 6.55. The number of carbonyl (C=O) groups excluding carboxylic acids is 1. The molecule has 0 saturated heterocycles. The van der Waals surface area contributed by atoms with Gasteiger partial charge in [0.15, 0.2) is 0 Å². The number of carbonyl (C=O) groups is 1. The zero-order valence-electron chi connectivity index (χ0n) is 13.8. The molecule has 3 aromatic heterocycles. The largest absolute Gasteiger partial charge is 0.472 e. The van der Waals surface area contributed by atoms with Gasteiger partial charge < -0.3 is 9.73 Å². The van der Waals surface area contributed by atoms with Crippen LogP contribution in [0.3, 0.4) is 0 Å². The lowest BCUT2D eigenvalue weighted by Crippen LogP contribution is -2.23. The minimum Gasteiger partial charge on any atom is -0.472 e. The molecule has 6 heteroatoms. The van der Waals surface area contributed by atoms with Crippen molar-refractivity contribution < 1.29 is 9.21 Å². The second-order valence-electron chi connectivity index (χ2n) is 5.60. The number of furan rings is 1. The molecule has 0 atom stereocenters. The molecule has 0 unspecified atom stereocenters. The first-order chi connectivity index (χ1) is 12.8. The van der Waals surface area contributed by atoms with Gasteiger partial charge in [-0.05, 0) is 35.2 Å². The van der Waals surface area contributed by atoms with Crippen molar-refractivity contribution in [3.8, 4) is 21.7 Å². The fourth-order valence-electron chi connectivity index (χ4n) is 2.63. The molecule has 1 aromatic carbocycles. The Hall–Kier alpha value is -3.25. The smallest absolute Gasteiger partial charge is 0.251 e. The number of hydrogen-bond donors (Lipinski definition) is 1. The second kappa shape index (κ2) is 7.33. The van der Waals surface area contributed by atoms with Crippen LogP contribution in [0, 0.1) is 0 Å². The number of hydrogen-bond acceptors (Lipinski definition) is 5. The number of nitrogens with zero attached hydrogens (tertiary/aromatic N) is 2. The number of nitrogens with one attached hydrogen (secondary N) is 1. The minimum absolute atomic E-state index is 0.147. The Bertz CT molecular complexity index is 994. The number of rotatable bonds is 5. The highest BCUT2D eigenvalue weighted by Crippen LogP contribution is 2.24. The van der Waals surface area contributed by atoms with E-state index < -0.39 is 0 Å². The van der Waals surface area contributed by atoms with E-state index in [-0.39, 0.29) is 5.91 Å². The standard InChI is InChI=1S/C20H15N3O2S/c24-20(15-5-3-14(4-6-15)18-2-1-11-26-18)23-12-17-19(22-9-8-21-17)16-7-10-25-13-16/h1-11,13H,12H2,(H,23,24). The zero-order valence-corrected chi connectivity index (χ0v) is 14.6. The quantitative estimate of drug-likeness (QED) is 0.572. The molecule has 0 radical (unpaired) electrons. The molecule has 0 bridgehead atoms. The van der Waals surface area contributed by atoms with Gasteiger partial charge in [0.25, 0.3) is 5.91 Å². The lowest BCUT2D eigenvalue weighted by atomic mass is 10.1. The summed E-state index contributed by atoms with van der Waals surface area (Å²) < 4.78 is 5.11. The summed E-state index contributed by atoms with van der Waals surface area (Å²) in [7, 11) is 0. The molecule has 1 amide bonds. The molecule has 4 rings (SSSR count). The monoisotopic (exact) mass is 361 g/mol. The Morgan fingerprint density at radius 3 is 2.62 bits per heavy atom. The summed E-state index contributed by atoms with van der Waals surface area (Å²) in [4.78, 5) is 22.3. The molecule has 0 aliphatic heterocycles. The Kier molecular flexibility index (Phi) is 4.57. The Morgan fingerprint density at radius 2 is 1.88 bits per heavy atom. The molecule has 5 nitrogen and oxygen atoms in total. The number of aromatic nitrogens is 2. The van der Waals surface area contributed by atoms with Crippen LogP contribution in [0.15, 0.2) is 77.2 Å². The van der Waals surface area contributed by atoms with Crippen molar-refractivity contribution in [3.63, 3.8) is 0 Å². The molecule has 26 heavy (non-hydrogen) atoms. The van der Waals surface area contributed by atoms with E-state index in [2.05, 4.69) is 21.4 Å². The molecule has 0 aliphatic rings. The summed E-state index contributed by atoms with van der Waals surface area (Å²) in [6.07, 6.45) is 6.43. The third-order valence-corrected chi connectivity index (χ3v) is 4.86. The molecular formula is C20H15N3O2S. The normalized spacial score (nSPS) is 10.6. The lowest BCUT2D eigenvalue weighted by molar-refractivity contribution is 0.0950. The van der Waals surface area contributed by atoms with Crippen LogP contribution >= 0.6 is 11.3 Å². The molecule has 0 fully saturated rings. The highest BCUT2D eigenvalue weighted by Gasteiger charge is 2.11. The maximum absolute atomic E-state index is 12.4. The van der Waals surface area contributed by atoms with Gasteiger partial charge in [0.1, 0.15) is 0 Å². The summed E-state index contributed by atoms with van der Waals surface area (Å²) in [5.41, 5.74) is 3.95. The minimum atomic E-state index is -0.147. The molecule has 0 spiro atoms. The Morgan fingerprint density at radius 1 is 1.04 bits per heavy atom. The molecule has 1 N–H and O–H groups in total. The van der Waals surface area contributed by atoms with E-state index in [9.17, 15) is 4.79 Å². The Balaban J connectivity index is 1.46. The van der Waals surface area contributed by atoms with Crippen molar-refractivity contribution in [2.45, 2.75) is 6.54 Å². The predicted octanol–water partition coefficient (Wildman–Crippen LogP) is 4.40. The maximum atomic E-state index is 12.4. The summed E-state index contributed by atoms with van der Waals surface area (Å²) in [5.74, 6) is -0.147. The Labute approximate surface area is 154 Å². The van der Waals surface area contributed by atoms with Crippen LogP contribution in [0.1, 0.15) is 16.1 Å².